The zero-order chi connectivity index (χ0) is 14.6. The highest BCUT2D eigenvalue weighted by atomic mass is 16.3. The van der Waals surface area contributed by atoms with Crippen LogP contribution >= 0.6 is 0 Å². The molecule has 2 rings (SSSR count). The zero-order valence-corrected chi connectivity index (χ0v) is 13.2. The molecule has 1 aromatic rings. The van der Waals surface area contributed by atoms with Crippen LogP contribution in [0.25, 0.3) is 0 Å². The van der Waals surface area contributed by atoms with Gasteiger partial charge in [-0.3, -0.25) is 0 Å². The van der Waals surface area contributed by atoms with Crippen LogP contribution in [0.15, 0.2) is 24.3 Å². The molecule has 0 aliphatic heterocycles. The zero-order valence-electron chi connectivity index (χ0n) is 13.2. The summed E-state index contributed by atoms with van der Waals surface area (Å²) in [5, 5.41) is 12.7. The largest absolute Gasteiger partial charge is 0.392 e. The van der Waals surface area contributed by atoms with E-state index in [1.54, 1.807) is 0 Å². The van der Waals surface area contributed by atoms with E-state index < -0.39 is 0 Å². The molecule has 0 amide bonds. The molecule has 0 saturated heterocycles. The Bertz CT molecular complexity index is 402. The maximum absolute atomic E-state index is 9.06. The number of hydrogen-bond acceptors (Lipinski definition) is 2. The first-order valence-corrected chi connectivity index (χ1v) is 8.01. The molecule has 1 saturated carbocycles. The van der Waals surface area contributed by atoms with Crippen molar-refractivity contribution in [1.29, 1.82) is 0 Å². The summed E-state index contributed by atoms with van der Waals surface area (Å²) in [4.78, 5) is 0. The van der Waals surface area contributed by atoms with E-state index in [4.69, 9.17) is 5.11 Å². The molecule has 0 bridgehead atoms. The van der Waals surface area contributed by atoms with E-state index in [1.807, 2.05) is 12.1 Å². The highest BCUT2D eigenvalue weighted by Crippen LogP contribution is 2.40. The topological polar surface area (TPSA) is 32.3 Å². The molecule has 2 N–H and O–H groups in total. The van der Waals surface area contributed by atoms with Crippen LogP contribution in [0.2, 0.25) is 0 Å². The molecule has 0 spiro atoms. The summed E-state index contributed by atoms with van der Waals surface area (Å²) in [5.41, 5.74) is 2.65. The number of benzene rings is 1. The van der Waals surface area contributed by atoms with Gasteiger partial charge in [0.2, 0.25) is 0 Å². The van der Waals surface area contributed by atoms with Crippen LogP contribution in [-0.4, -0.2) is 11.1 Å². The Labute approximate surface area is 123 Å². The lowest BCUT2D eigenvalue weighted by Crippen LogP contribution is -2.32. The van der Waals surface area contributed by atoms with Gasteiger partial charge in [-0.2, -0.15) is 0 Å². The van der Waals surface area contributed by atoms with Gasteiger partial charge in [0.15, 0.2) is 0 Å². The molecular weight excluding hydrogens is 246 g/mol. The van der Waals surface area contributed by atoms with E-state index in [9.17, 15) is 0 Å². The van der Waals surface area contributed by atoms with Gasteiger partial charge in [0, 0.05) is 11.7 Å². The standard InChI is InChI=1S/C18H29NO/c1-4-18(2,3)15-7-11-17(12-8-15)19-16-9-5-14(13-20)6-10-16/h5-6,9-10,15,17,19-20H,4,7-8,11-13H2,1-3H3. The molecule has 1 aromatic carbocycles. The van der Waals surface area contributed by atoms with E-state index in [1.165, 1.54) is 37.8 Å². The number of aliphatic hydroxyl groups is 1. The molecule has 112 valence electrons. The van der Waals surface area contributed by atoms with Crippen molar-refractivity contribution in [2.24, 2.45) is 11.3 Å². The van der Waals surface area contributed by atoms with Crippen molar-refractivity contribution in [1.82, 2.24) is 0 Å². The van der Waals surface area contributed by atoms with Crippen LogP contribution in [0.3, 0.4) is 0 Å². The van der Waals surface area contributed by atoms with Gasteiger partial charge < -0.3 is 10.4 Å². The van der Waals surface area contributed by atoms with Gasteiger partial charge in [0.05, 0.1) is 6.61 Å². The Kier molecular flexibility index (Phi) is 5.09. The van der Waals surface area contributed by atoms with E-state index in [0.717, 1.165) is 11.5 Å². The molecule has 20 heavy (non-hydrogen) atoms. The minimum atomic E-state index is 0.123. The van der Waals surface area contributed by atoms with Crippen molar-refractivity contribution in [2.45, 2.75) is 65.5 Å². The molecule has 1 aliphatic rings. The van der Waals surface area contributed by atoms with Crippen molar-refractivity contribution in [3.8, 4) is 0 Å². The fourth-order valence-electron chi connectivity index (χ4n) is 3.25. The summed E-state index contributed by atoms with van der Waals surface area (Å²) in [7, 11) is 0. The maximum atomic E-state index is 9.06. The SMILES string of the molecule is CCC(C)(C)C1CCC(Nc2ccc(CO)cc2)CC1. The van der Waals surface area contributed by atoms with Crippen LogP contribution < -0.4 is 5.32 Å². The van der Waals surface area contributed by atoms with Crippen molar-refractivity contribution >= 4 is 5.69 Å². The predicted molar refractivity (Wildman–Crippen MR) is 85.8 cm³/mol. The number of anilines is 1. The summed E-state index contributed by atoms with van der Waals surface area (Å²) >= 11 is 0. The van der Waals surface area contributed by atoms with Crippen LogP contribution in [0, 0.1) is 11.3 Å². The second-order valence-electron chi connectivity index (χ2n) is 6.89. The smallest absolute Gasteiger partial charge is 0.0681 e. The lowest BCUT2D eigenvalue weighted by molar-refractivity contribution is 0.147. The van der Waals surface area contributed by atoms with Gasteiger partial charge in [-0.15, -0.1) is 0 Å². The van der Waals surface area contributed by atoms with Gasteiger partial charge in [0.25, 0.3) is 0 Å². The second-order valence-corrected chi connectivity index (χ2v) is 6.89. The first-order chi connectivity index (χ1) is 9.55. The lowest BCUT2D eigenvalue weighted by atomic mass is 9.69. The number of nitrogens with one attached hydrogen (secondary N) is 1. The predicted octanol–water partition coefficient (Wildman–Crippen LogP) is 4.59. The lowest BCUT2D eigenvalue weighted by Gasteiger charge is -2.39. The van der Waals surface area contributed by atoms with E-state index in [-0.39, 0.29) is 6.61 Å². The highest BCUT2D eigenvalue weighted by molar-refractivity contribution is 5.45. The fraction of sp³-hybridized carbons (Fsp3) is 0.667. The van der Waals surface area contributed by atoms with E-state index in [2.05, 4.69) is 38.2 Å². The average Bonchev–Trinajstić information content (AvgIpc) is 2.48. The molecule has 0 radical (unpaired) electrons. The first-order valence-electron chi connectivity index (χ1n) is 8.01. The van der Waals surface area contributed by atoms with Crippen molar-refractivity contribution in [2.75, 3.05) is 5.32 Å². The van der Waals surface area contributed by atoms with Crippen LogP contribution in [0.5, 0.6) is 0 Å². The summed E-state index contributed by atoms with van der Waals surface area (Å²) < 4.78 is 0. The molecule has 0 unspecified atom stereocenters. The third-order valence-corrected chi connectivity index (χ3v) is 5.25. The van der Waals surface area contributed by atoms with Gasteiger partial charge in [-0.1, -0.05) is 39.3 Å². The van der Waals surface area contributed by atoms with Crippen LogP contribution in [0.1, 0.15) is 58.4 Å². The quantitative estimate of drug-likeness (QED) is 0.824. The highest BCUT2D eigenvalue weighted by Gasteiger charge is 2.31. The molecule has 1 aliphatic carbocycles. The van der Waals surface area contributed by atoms with Crippen LogP contribution in [0.4, 0.5) is 5.69 Å². The Morgan fingerprint density at radius 1 is 1.10 bits per heavy atom. The first kappa shape index (κ1) is 15.4. The monoisotopic (exact) mass is 275 g/mol. The van der Waals surface area contributed by atoms with Gasteiger partial charge in [0.1, 0.15) is 0 Å². The summed E-state index contributed by atoms with van der Waals surface area (Å²) in [6, 6.07) is 8.75. The molecule has 2 nitrogen and oxygen atoms in total. The minimum absolute atomic E-state index is 0.123. The molecule has 0 atom stereocenters. The summed E-state index contributed by atoms with van der Waals surface area (Å²) in [6.07, 6.45) is 6.50. The third-order valence-electron chi connectivity index (χ3n) is 5.25. The Balaban J connectivity index is 1.85. The van der Waals surface area contributed by atoms with Gasteiger partial charge >= 0.3 is 0 Å². The molecule has 0 heterocycles. The Morgan fingerprint density at radius 2 is 1.70 bits per heavy atom. The fourth-order valence-corrected chi connectivity index (χ4v) is 3.25. The number of rotatable bonds is 5. The molecular formula is C18H29NO. The van der Waals surface area contributed by atoms with E-state index >= 15 is 0 Å². The second kappa shape index (κ2) is 6.62. The Morgan fingerprint density at radius 3 is 2.20 bits per heavy atom. The Hall–Kier alpha value is -1.02. The van der Waals surface area contributed by atoms with Crippen molar-refractivity contribution in [3.05, 3.63) is 29.8 Å². The molecule has 1 fully saturated rings. The van der Waals surface area contributed by atoms with E-state index in [0.29, 0.717) is 11.5 Å². The van der Waals surface area contributed by atoms with Gasteiger partial charge in [-0.25, -0.2) is 0 Å². The van der Waals surface area contributed by atoms with Crippen molar-refractivity contribution in [3.63, 3.8) is 0 Å². The third kappa shape index (κ3) is 3.76. The maximum Gasteiger partial charge on any atom is 0.0681 e. The van der Waals surface area contributed by atoms with Gasteiger partial charge in [-0.05, 0) is 54.7 Å². The minimum Gasteiger partial charge on any atom is -0.392 e. The molecule has 0 aromatic heterocycles. The number of aliphatic hydroxyl groups excluding tert-OH is 1. The van der Waals surface area contributed by atoms with Crippen LogP contribution in [-0.2, 0) is 6.61 Å². The average molecular weight is 275 g/mol. The molecule has 2 heteroatoms. The normalized spacial score (nSPS) is 23.6. The summed E-state index contributed by atoms with van der Waals surface area (Å²) in [5.74, 6) is 0.877. The number of hydrogen-bond donors (Lipinski definition) is 2. The van der Waals surface area contributed by atoms with Crippen molar-refractivity contribution < 1.29 is 5.11 Å². The summed E-state index contributed by atoms with van der Waals surface area (Å²) in [6.45, 7) is 7.27.